The number of aryl methyl sites for hydroxylation is 2. The molecular weight excluding hydrogens is 350 g/mol. The summed E-state index contributed by atoms with van der Waals surface area (Å²) in [6.07, 6.45) is 0. The normalized spacial score (nSPS) is 16.7. The highest BCUT2D eigenvalue weighted by molar-refractivity contribution is 5.93. The van der Waals surface area contributed by atoms with Crippen molar-refractivity contribution in [3.05, 3.63) is 61.2 Å². The average molecular weight is 371 g/mol. The Hall–Kier alpha value is -3.34. The Morgan fingerprint density at radius 2 is 2.00 bits per heavy atom. The van der Waals surface area contributed by atoms with Crippen molar-refractivity contribution in [3.63, 3.8) is 0 Å². The second kappa shape index (κ2) is 7.50. The van der Waals surface area contributed by atoms with Crippen molar-refractivity contribution in [1.82, 2.24) is 0 Å². The third kappa shape index (κ3) is 3.36. The molecule has 0 fully saturated rings. The molecule has 2 N–H and O–H groups in total. The van der Waals surface area contributed by atoms with Gasteiger partial charge in [0, 0.05) is 11.1 Å². The zero-order valence-corrected chi connectivity index (χ0v) is 15.9. The zero-order chi connectivity index (χ0) is 20.5. The number of hydrogen-bond acceptors (Lipinski definition) is 7. The fraction of sp³-hybridized carbons (Fsp3) is 0.368. The van der Waals surface area contributed by atoms with E-state index in [4.69, 9.17) is 15.2 Å². The molecule has 0 aromatic heterocycles. The van der Waals surface area contributed by atoms with E-state index in [0.717, 1.165) is 0 Å². The number of nitrogens with zero attached hydrogens (tertiary/aromatic N) is 2. The average Bonchev–Trinajstić information content (AvgIpc) is 2.53. The fourth-order valence-electron chi connectivity index (χ4n) is 3.56. The summed E-state index contributed by atoms with van der Waals surface area (Å²) in [7, 11) is 0. The molecular formula is C19H21N3O5. The minimum absolute atomic E-state index is 0.0213. The second-order valence-electron chi connectivity index (χ2n) is 6.27. The number of carbonyl (C=O) groups excluding carboxylic acids is 1. The summed E-state index contributed by atoms with van der Waals surface area (Å²) in [5.41, 5.74) is 8.03. The maximum atomic E-state index is 12.6. The van der Waals surface area contributed by atoms with Crippen LogP contribution in [0.2, 0.25) is 0 Å². The van der Waals surface area contributed by atoms with Gasteiger partial charge in [0.1, 0.15) is 17.4 Å². The van der Waals surface area contributed by atoms with E-state index >= 15 is 0 Å². The maximum absolute atomic E-state index is 12.6. The quantitative estimate of drug-likeness (QED) is 0.489. The highest BCUT2D eigenvalue weighted by Crippen LogP contribution is 2.44. The van der Waals surface area contributed by atoms with Crippen molar-refractivity contribution in [1.29, 1.82) is 5.26 Å². The van der Waals surface area contributed by atoms with Gasteiger partial charge in [0.05, 0.1) is 23.0 Å². The van der Waals surface area contributed by atoms with Crippen LogP contribution < -0.4 is 5.73 Å². The number of rotatable bonds is 4. The molecule has 1 atom stereocenters. The molecule has 2 rings (SSSR count). The first kappa shape index (κ1) is 20.0. The van der Waals surface area contributed by atoms with Crippen LogP contribution in [0.5, 0.6) is 0 Å². The smallest absolute Gasteiger partial charge is 0.338 e. The molecule has 1 aliphatic heterocycles. The summed E-state index contributed by atoms with van der Waals surface area (Å²) < 4.78 is 10.5. The van der Waals surface area contributed by atoms with Gasteiger partial charge < -0.3 is 15.2 Å². The number of carbonyl (C=O) groups is 1. The summed E-state index contributed by atoms with van der Waals surface area (Å²) >= 11 is 0. The molecule has 0 bridgehead atoms. The van der Waals surface area contributed by atoms with Crippen LogP contribution in [-0.4, -0.2) is 17.5 Å². The maximum Gasteiger partial charge on any atom is 0.338 e. The molecule has 1 heterocycles. The predicted octanol–water partition coefficient (Wildman–Crippen LogP) is 3.16. The van der Waals surface area contributed by atoms with Gasteiger partial charge in [-0.15, -0.1) is 0 Å². The monoisotopic (exact) mass is 371 g/mol. The zero-order valence-electron chi connectivity index (χ0n) is 15.9. The summed E-state index contributed by atoms with van der Waals surface area (Å²) in [5.74, 6) is -1.48. The number of nitro benzene ring substituents is 1. The molecule has 27 heavy (non-hydrogen) atoms. The Balaban J connectivity index is 2.88. The van der Waals surface area contributed by atoms with Gasteiger partial charge in [-0.2, -0.15) is 5.26 Å². The summed E-state index contributed by atoms with van der Waals surface area (Å²) in [5, 5.41) is 21.2. The lowest BCUT2D eigenvalue weighted by atomic mass is 9.78. The number of allylic oxidation sites excluding steroid dienone is 2. The van der Waals surface area contributed by atoms with E-state index in [1.165, 1.54) is 0 Å². The largest absolute Gasteiger partial charge is 0.463 e. The lowest BCUT2D eigenvalue weighted by molar-refractivity contribution is -0.386. The number of ether oxygens (including phenoxy) is 2. The van der Waals surface area contributed by atoms with Crippen LogP contribution in [0.15, 0.2) is 28.9 Å². The van der Waals surface area contributed by atoms with Gasteiger partial charge in [0.2, 0.25) is 5.88 Å². The van der Waals surface area contributed by atoms with Gasteiger partial charge in [-0.1, -0.05) is 0 Å². The molecule has 0 unspecified atom stereocenters. The van der Waals surface area contributed by atoms with Crippen LogP contribution in [0.3, 0.4) is 0 Å². The van der Waals surface area contributed by atoms with Crippen molar-refractivity contribution in [3.8, 4) is 6.07 Å². The first-order valence-electron chi connectivity index (χ1n) is 8.36. The molecule has 8 heteroatoms. The molecule has 1 aromatic carbocycles. The SMILES string of the molecule is CCOC(=O)C1=C(C)OC(N)=C(C#N)[C@H]1c1c(C)cc(C)c([N+](=O)[O-])c1C. The summed E-state index contributed by atoms with van der Waals surface area (Å²) in [4.78, 5) is 23.7. The molecule has 0 spiro atoms. The van der Waals surface area contributed by atoms with Crippen LogP contribution in [0.25, 0.3) is 0 Å². The van der Waals surface area contributed by atoms with Gasteiger partial charge in [0.25, 0.3) is 5.69 Å². The van der Waals surface area contributed by atoms with Crippen LogP contribution in [-0.2, 0) is 14.3 Å². The van der Waals surface area contributed by atoms with Crippen molar-refractivity contribution >= 4 is 11.7 Å². The Kier molecular flexibility index (Phi) is 5.55. The van der Waals surface area contributed by atoms with Crippen molar-refractivity contribution in [2.45, 2.75) is 40.5 Å². The minimum Gasteiger partial charge on any atom is -0.463 e. The molecule has 8 nitrogen and oxygen atoms in total. The van der Waals surface area contributed by atoms with Crippen molar-refractivity contribution < 1.29 is 19.2 Å². The van der Waals surface area contributed by atoms with Crippen LogP contribution in [0, 0.1) is 42.2 Å². The van der Waals surface area contributed by atoms with Crippen LogP contribution >= 0.6 is 0 Å². The first-order chi connectivity index (χ1) is 12.6. The fourth-order valence-corrected chi connectivity index (χ4v) is 3.56. The van der Waals surface area contributed by atoms with E-state index in [1.54, 1.807) is 40.7 Å². The highest BCUT2D eigenvalue weighted by Gasteiger charge is 2.39. The molecule has 142 valence electrons. The van der Waals surface area contributed by atoms with E-state index in [1.807, 2.05) is 6.07 Å². The van der Waals surface area contributed by atoms with Gasteiger partial charge >= 0.3 is 5.97 Å². The second-order valence-corrected chi connectivity index (χ2v) is 6.27. The van der Waals surface area contributed by atoms with Crippen molar-refractivity contribution in [2.75, 3.05) is 6.61 Å². The number of nitriles is 1. The lowest BCUT2D eigenvalue weighted by Gasteiger charge is -2.29. The molecule has 0 amide bonds. The molecule has 1 aliphatic rings. The first-order valence-corrected chi connectivity index (χ1v) is 8.36. The van der Waals surface area contributed by atoms with E-state index in [9.17, 15) is 20.2 Å². The van der Waals surface area contributed by atoms with E-state index < -0.39 is 16.8 Å². The Morgan fingerprint density at radius 3 is 2.52 bits per heavy atom. The molecule has 0 saturated carbocycles. The number of esters is 1. The Morgan fingerprint density at radius 1 is 1.37 bits per heavy atom. The Labute approximate surface area is 157 Å². The van der Waals surface area contributed by atoms with Crippen LogP contribution in [0.1, 0.15) is 42.0 Å². The number of benzene rings is 1. The Bertz CT molecular complexity index is 938. The molecule has 1 aromatic rings. The van der Waals surface area contributed by atoms with E-state index in [-0.39, 0.29) is 35.1 Å². The van der Waals surface area contributed by atoms with E-state index in [0.29, 0.717) is 22.3 Å². The predicted molar refractivity (Wildman–Crippen MR) is 97.3 cm³/mol. The molecule has 0 saturated heterocycles. The summed E-state index contributed by atoms with van der Waals surface area (Å²) in [6, 6.07) is 3.65. The highest BCUT2D eigenvalue weighted by atomic mass is 16.6. The number of nitro groups is 1. The van der Waals surface area contributed by atoms with Gasteiger partial charge in [-0.25, -0.2) is 4.79 Å². The van der Waals surface area contributed by atoms with Gasteiger partial charge in [-0.05, 0) is 51.8 Å². The third-order valence-electron chi connectivity index (χ3n) is 4.56. The van der Waals surface area contributed by atoms with E-state index in [2.05, 4.69) is 0 Å². The molecule has 0 aliphatic carbocycles. The third-order valence-corrected chi connectivity index (χ3v) is 4.56. The van der Waals surface area contributed by atoms with Crippen molar-refractivity contribution in [2.24, 2.45) is 5.73 Å². The number of hydrogen-bond donors (Lipinski definition) is 1. The number of nitrogens with two attached hydrogens (primary N) is 1. The van der Waals surface area contributed by atoms with Gasteiger partial charge in [0.15, 0.2) is 0 Å². The topological polar surface area (TPSA) is 128 Å². The summed E-state index contributed by atoms with van der Waals surface area (Å²) in [6.45, 7) is 8.37. The lowest BCUT2D eigenvalue weighted by Crippen LogP contribution is -2.26. The standard InChI is InChI=1S/C19H21N3O5/c1-6-26-19(23)15-12(5)27-18(21)13(8-20)16(15)14-9(2)7-10(3)17(11(14)4)22(24)25/h7,16H,6,21H2,1-5H3/t16-/m0/s1. The molecule has 0 radical (unpaired) electrons. The van der Waals surface area contributed by atoms with Gasteiger partial charge in [-0.3, -0.25) is 10.1 Å². The minimum atomic E-state index is -0.901. The van der Waals surface area contributed by atoms with Crippen LogP contribution in [0.4, 0.5) is 5.69 Å².